The first kappa shape index (κ1) is 16.0. The van der Waals surface area contributed by atoms with Gasteiger partial charge in [-0.2, -0.15) is 11.8 Å². The van der Waals surface area contributed by atoms with Gasteiger partial charge in [0.15, 0.2) is 0 Å². The van der Waals surface area contributed by atoms with Gasteiger partial charge in [0.1, 0.15) is 17.5 Å². The van der Waals surface area contributed by atoms with Crippen LogP contribution in [0.1, 0.15) is 31.7 Å². The van der Waals surface area contributed by atoms with Crippen LogP contribution in [0.15, 0.2) is 0 Å². The average molecular weight is 284 g/mol. The first-order chi connectivity index (χ1) is 8.89. The molecule has 1 unspecified atom stereocenters. The zero-order chi connectivity index (χ0) is 14.5. The molecule has 1 atom stereocenters. The van der Waals surface area contributed by atoms with Gasteiger partial charge < -0.3 is 16.2 Å². The van der Waals surface area contributed by atoms with Crippen molar-refractivity contribution in [3.63, 3.8) is 0 Å². The molecule has 0 aliphatic heterocycles. The molecule has 6 heteroatoms. The highest BCUT2D eigenvalue weighted by Crippen LogP contribution is 2.19. The zero-order valence-electron chi connectivity index (χ0n) is 12.2. The summed E-state index contributed by atoms with van der Waals surface area (Å²) >= 11 is 1.61. The van der Waals surface area contributed by atoms with Crippen LogP contribution in [0, 0.1) is 6.92 Å². The molecule has 0 aliphatic rings. The Morgan fingerprint density at radius 2 is 2.11 bits per heavy atom. The summed E-state index contributed by atoms with van der Waals surface area (Å²) in [5, 5.41) is 13.3. The molecule has 1 aromatic rings. The molecular weight excluding hydrogens is 260 g/mol. The molecule has 0 saturated heterocycles. The topological polar surface area (TPSA) is 84.1 Å². The van der Waals surface area contributed by atoms with Crippen molar-refractivity contribution in [1.82, 2.24) is 9.97 Å². The number of thioether (sulfide) groups is 1. The van der Waals surface area contributed by atoms with Gasteiger partial charge in [-0.3, -0.25) is 0 Å². The Kier molecular flexibility index (Phi) is 5.87. The van der Waals surface area contributed by atoms with Crippen molar-refractivity contribution in [2.45, 2.75) is 39.2 Å². The molecule has 108 valence electrons. The highest BCUT2D eigenvalue weighted by atomic mass is 32.2. The van der Waals surface area contributed by atoms with Crippen LogP contribution in [-0.4, -0.2) is 39.2 Å². The van der Waals surface area contributed by atoms with Crippen LogP contribution in [0.4, 0.5) is 11.6 Å². The van der Waals surface area contributed by atoms with E-state index < -0.39 is 5.60 Å². The van der Waals surface area contributed by atoms with Crippen molar-refractivity contribution < 1.29 is 5.11 Å². The number of nitrogen functional groups attached to an aromatic ring is 1. The van der Waals surface area contributed by atoms with E-state index >= 15 is 0 Å². The molecular formula is C13H24N4OS. The molecule has 0 bridgehead atoms. The summed E-state index contributed by atoms with van der Waals surface area (Å²) in [5.41, 5.74) is 5.96. The van der Waals surface area contributed by atoms with Gasteiger partial charge >= 0.3 is 0 Å². The number of rotatable bonds is 7. The summed E-state index contributed by atoms with van der Waals surface area (Å²) in [6, 6.07) is 0. The lowest BCUT2D eigenvalue weighted by atomic mass is 10.1. The number of aliphatic hydroxyl groups is 1. The highest BCUT2D eigenvalue weighted by molar-refractivity contribution is 7.98. The van der Waals surface area contributed by atoms with Gasteiger partial charge in [-0.05, 0) is 26.5 Å². The molecule has 1 aromatic heterocycles. The highest BCUT2D eigenvalue weighted by Gasteiger charge is 2.20. The second-order valence-corrected chi connectivity index (χ2v) is 5.90. The van der Waals surface area contributed by atoms with Crippen molar-refractivity contribution >= 4 is 23.4 Å². The van der Waals surface area contributed by atoms with Gasteiger partial charge in [-0.25, -0.2) is 9.97 Å². The average Bonchev–Trinajstić information content (AvgIpc) is 2.32. The monoisotopic (exact) mass is 284 g/mol. The SMILES string of the molecule is CCCc1nc(N)c(C)c(NCC(C)(O)CSC)n1. The van der Waals surface area contributed by atoms with E-state index in [1.54, 1.807) is 11.8 Å². The fraction of sp³-hybridized carbons (Fsp3) is 0.692. The summed E-state index contributed by atoms with van der Waals surface area (Å²) in [5.74, 6) is 2.64. The Morgan fingerprint density at radius 1 is 1.42 bits per heavy atom. The molecule has 0 saturated carbocycles. The Hall–Kier alpha value is -1.01. The molecule has 19 heavy (non-hydrogen) atoms. The van der Waals surface area contributed by atoms with Gasteiger partial charge in [0, 0.05) is 24.3 Å². The first-order valence-electron chi connectivity index (χ1n) is 6.47. The van der Waals surface area contributed by atoms with Crippen LogP contribution in [-0.2, 0) is 6.42 Å². The molecule has 0 spiro atoms. The van der Waals surface area contributed by atoms with Crippen LogP contribution >= 0.6 is 11.8 Å². The minimum absolute atomic E-state index is 0.441. The Bertz CT molecular complexity index is 423. The molecule has 1 heterocycles. The van der Waals surface area contributed by atoms with E-state index in [4.69, 9.17) is 5.73 Å². The maximum Gasteiger partial charge on any atom is 0.134 e. The predicted octanol–water partition coefficient (Wildman–Crippen LogP) is 1.85. The van der Waals surface area contributed by atoms with Gasteiger partial charge in [-0.1, -0.05) is 6.92 Å². The first-order valence-corrected chi connectivity index (χ1v) is 7.87. The summed E-state index contributed by atoms with van der Waals surface area (Å²) in [6.07, 6.45) is 3.76. The predicted molar refractivity (Wildman–Crippen MR) is 82.7 cm³/mol. The summed E-state index contributed by atoms with van der Waals surface area (Å²) in [7, 11) is 0. The maximum atomic E-state index is 10.2. The van der Waals surface area contributed by atoms with Crippen molar-refractivity contribution in [2.24, 2.45) is 0 Å². The Labute approximate surface area is 119 Å². The van der Waals surface area contributed by atoms with Gasteiger partial charge in [0.25, 0.3) is 0 Å². The third-order valence-corrected chi connectivity index (χ3v) is 3.71. The number of nitrogens with two attached hydrogens (primary N) is 1. The zero-order valence-corrected chi connectivity index (χ0v) is 13.0. The quantitative estimate of drug-likeness (QED) is 0.708. The van der Waals surface area contributed by atoms with E-state index in [0.29, 0.717) is 18.1 Å². The van der Waals surface area contributed by atoms with Crippen molar-refractivity contribution in [3.8, 4) is 0 Å². The number of hydrogen-bond acceptors (Lipinski definition) is 6. The van der Waals surface area contributed by atoms with E-state index in [-0.39, 0.29) is 0 Å². The molecule has 4 N–H and O–H groups in total. The van der Waals surface area contributed by atoms with Crippen LogP contribution in [0.2, 0.25) is 0 Å². The van der Waals surface area contributed by atoms with Crippen LogP contribution in [0.25, 0.3) is 0 Å². The van der Waals surface area contributed by atoms with Gasteiger partial charge in [0.2, 0.25) is 0 Å². The third kappa shape index (κ3) is 4.87. The Morgan fingerprint density at radius 3 is 2.68 bits per heavy atom. The number of aromatic nitrogens is 2. The lowest BCUT2D eigenvalue weighted by Crippen LogP contribution is -2.36. The van der Waals surface area contributed by atoms with Crippen LogP contribution < -0.4 is 11.1 Å². The third-order valence-electron chi connectivity index (χ3n) is 2.80. The molecule has 0 aromatic carbocycles. The molecule has 0 amide bonds. The molecule has 1 rings (SSSR count). The number of nitrogens with zero attached hydrogens (tertiary/aromatic N) is 2. The fourth-order valence-corrected chi connectivity index (χ4v) is 2.45. The number of aryl methyl sites for hydroxylation is 1. The van der Waals surface area contributed by atoms with E-state index in [2.05, 4.69) is 22.2 Å². The van der Waals surface area contributed by atoms with Gasteiger partial charge in [0.05, 0.1) is 5.60 Å². The van der Waals surface area contributed by atoms with E-state index in [0.717, 1.165) is 30.0 Å². The molecule has 5 nitrogen and oxygen atoms in total. The maximum absolute atomic E-state index is 10.2. The van der Waals surface area contributed by atoms with Crippen molar-refractivity contribution in [2.75, 3.05) is 29.6 Å². The Balaban J connectivity index is 2.82. The van der Waals surface area contributed by atoms with Crippen LogP contribution in [0.3, 0.4) is 0 Å². The second kappa shape index (κ2) is 6.96. The smallest absolute Gasteiger partial charge is 0.134 e. The molecule has 0 aliphatic carbocycles. The second-order valence-electron chi connectivity index (χ2n) is 5.03. The van der Waals surface area contributed by atoms with Gasteiger partial charge in [-0.15, -0.1) is 0 Å². The van der Waals surface area contributed by atoms with Crippen molar-refractivity contribution in [1.29, 1.82) is 0 Å². The van der Waals surface area contributed by atoms with Crippen molar-refractivity contribution in [3.05, 3.63) is 11.4 Å². The van der Waals surface area contributed by atoms with E-state index in [9.17, 15) is 5.11 Å². The number of hydrogen-bond donors (Lipinski definition) is 3. The number of nitrogens with one attached hydrogen (secondary N) is 1. The largest absolute Gasteiger partial charge is 0.387 e. The molecule has 0 radical (unpaired) electrons. The van der Waals surface area contributed by atoms with Crippen LogP contribution in [0.5, 0.6) is 0 Å². The molecule has 0 fully saturated rings. The number of anilines is 2. The standard InChI is InChI=1S/C13H24N4OS/c1-5-6-10-16-11(14)9(2)12(17-10)15-7-13(3,18)8-19-4/h18H,5-8H2,1-4H3,(H3,14,15,16,17). The summed E-state index contributed by atoms with van der Waals surface area (Å²) < 4.78 is 0. The lowest BCUT2D eigenvalue weighted by Gasteiger charge is -2.23. The summed E-state index contributed by atoms with van der Waals surface area (Å²) in [6.45, 7) is 6.21. The minimum atomic E-state index is -0.767. The fourth-order valence-electron chi connectivity index (χ4n) is 1.73. The normalized spacial score (nSPS) is 14.2. The van der Waals surface area contributed by atoms with E-state index in [1.807, 2.05) is 20.1 Å². The lowest BCUT2D eigenvalue weighted by molar-refractivity contribution is 0.0996. The van der Waals surface area contributed by atoms with E-state index in [1.165, 1.54) is 0 Å². The summed E-state index contributed by atoms with van der Waals surface area (Å²) in [4.78, 5) is 8.73. The minimum Gasteiger partial charge on any atom is -0.387 e.